The van der Waals surface area contributed by atoms with Crippen LogP contribution in [-0.4, -0.2) is 35.2 Å². The number of carbonyl (C=O) groups excluding carboxylic acids is 2. The zero-order valence-corrected chi connectivity index (χ0v) is 26.7. The van der Waals surface area contributed by atoms with Gasteiger partial charge in [-0.2, -0.15) is 0 Å². The van der Waals surface area contributed by atoms with Gasteiger partial charge in [-0.25, -0.2) is 0 Å². The van der Waals surface area contributed by atoms with Crippen LogP contribution in [0, 0.1) is 17.8 Å². The molecule has 0 bridgehead atoms. The molecule has 46 heavy (non-hydrogen) atoms. The van der Waals surface area contributed by atoms with Crippen LogP contribution in [0.1, 0.15) is 64.4 Å². The Labute approximate surface area is 272 Å². The topological polar surface area (TPSA) is 99.1 Å². The number of aromatic hydroxyl groups is 1. The van der Waals surface area contributed by atoms with Crippen molar-refractivity contribution < 1.29 is 24.4 Å². The van der Waals surface area contributed by atoms with E-state index in [0.717, 1.165) is 54.6 Å². The molecule has 2 heterocycles. The maximum atomic E-state index is 14.2. The zero-order valence-electron chi connectivity index (χ0n) is 26.7. The fourth-order valence-corrected chi connectivity index (χ4v) is 7.65. The molecule has 3 aromatic rings. The summed E-state index contributed by atoms with van der Waals surface area (Å²) in [5.74, 6) is -1.25. The first-order valence-electron chi connectivity index (χ1n) is 16.7. The van der Waals surface area contributed by atoms with E-state index in [2.05, 4.69) is 25.2 Å². The van der Waals surface area contributed by atoms with Crippen molar-refractivity contribution in [1.82, 2.24) is 0 Å². The average molecular weight is 619 g/mol. The van der Waals surface area contributed by atoms with Crippen LogP contribution in [0.2, 0.25) is 6.32 Å². The fourth-order valence-electron chi connectivity index (χ4n) is 7.65. The van der Waals surface area contributed by atoms with Crippen molar-refractivity contribution in [2.24, 2.45) is 17.8 Å². The molecule has 3 aromatic carbocycles. The van der Waals surface area contributed by atoms with Crippen molar-refractivity contribution in [2.45, 2.75) is 71.2 Å². The number of carbonyl (C=O) groups is 2. The van der Waals surface area contributed by atoms with Crippen LogP contribution >= 0.6 is 0 Å². The van der Waals surface area contributed by atoms with Crippen LogP contribution in [0.4, 0.5) is 17.1 Å². The number of imide groups is 1. The van der Waals surface area contributed by atoms with E-state index < -0.39 is 19.0 Å². The summed E-state index contributed by atoms with van der Waals surface area (Å²) in [6.07, 6.45) is 7.94. The van der Waals surface area contributed by atoms with Gasteiger partial charge in [0.15, 0.2) is 0 Å². The number of para-hydroxylation sites is 1. The second-order valence-electron chi connectivity index (χ2n) is 12.8. The number of rotatable bonds is 11. The van der Waals surface area contributed by atoms with Crippen LogP contribution in [-0.2, 0) is 14.2 Å². The zero-order chi connectivity index (χ0) is 32.2. The summed E-state index contributed by atoms with van der Waals surface area (Å²) in [4.78, 5) is 29.5. The number of anilines is 3. The monoisotopic (exact) mass is 618 g/mol. The van der Waals surface area contributed by atoms with Gasteiger partial charge in [-0.15, -0.1) is 0 Å². The molecule has 8 heteroatoms. The predicted octanol–water partition coefficient (Wildman–Crippen LogP) is 7.90. The number of hydrogen-bond acceptors (Lipinski definition) is 6. The highest BCUT2D eigenvalue weighted by atomic mass is 16.5. The lowest BCUT2D eigenvalue weighted by molar-refractivity contribution is -0.122. The summed E-state index contributed by atoms with van der Waals surface area (Å²) in [7, 11) is -0.989. The number of fused-ring (bicyclic) bond motifs is 3. The standard InChI is InChI=1S/C38H43BN2O5/c1-3-8-25(22-26-12-19-31(42)20-13-26)14-21-34-35-27(9-4-2)23-32-36(33(35)24-39(45)46-34)38(44)41(37(32)43)30-17-15-29(16-18-30)40-28-10-6-5-7-11-28/h5-7,10-13,15-20,22,32-34,36,40,42,45H,3-4,8-9,14,21,23-24H2,1-2H3/b25-22+/t32-,33+,34-,36-/m1/s1. The van der Waals surface area contributed by atoms with Crippen molar-refractivity contribution >= 4 is 42.1 Å². The summed E-state index contributed by atoms with van der Waals surface area (Å²) in [5.41, 5.74) is 7.08. The van der Waals surface area contributed by atoms with Gasteiger partial charge in [0, 0.05) is 11.4 Å². The molecule has 3 aliphatic rings. The molecule has 3 N–H and O–H groups in total. The number of phenols is 1. The molecule has 1 aliphatic carbocycles. The van der Waals surface area contributed by atoms with E-state index in [4.69, 9.17) is 4.65 Å². The lowest BCUT2D eigenvalue weighted by Crippen LogP contribution is -2.46. The molecule has 4 atom stereocenters. The van der Waals surface area contributed by atoms with E-state index in [1.807, 2.05) is 66.7 Å². The first-order chi connectivity index (χ1) is 22.4. The number of allylic oxidation sites excluding steroid dienone is 2. The second-order valence-corrected chi connectivity index (χ2v) is 12.8. The quantitative estimate of drug-likeness (QED) is 0.115. The Balaban J connectivity index is 1.24. The third-order valence-corrected chi connectivity index (χ3v) is 9.61. The summed E-state index contributed by atoms with van der Waals surface area (Å²) in [6, 6.07) is 24.5. The molecule has 238 valence electrons. The maximum absolute atomic E-state index is 14.2. The van der Waals surface area contributed by atoms with Crippen LogP contribution in [0.25, 0.3) is 6.08 Å². The summed E-state index contributed by atoms with van der Waals surface area (Å²) < 4.78 is 6.23. The minimum atomic E-state index is -0.989. The molecular weight excluding hydrogens is 575 g/mol. The van der Waals surface area contributed by atoms with Gasteiger partial charge in [-0.3, -0.25) is 14.5 Å². The first kappa shape index (κ1) is 31.8. The minimum absolute atomic E-state index is 0.147. The molecule has 0 spiro atoms. The van der Waals surface area contributed by atoms with E-state index in [1.54, 1.807) is 12.1 Å². The molecule has 2 amide bonds. The second kappa shape index (κ2) is 14.1. The lowest BCUT2D eigenvalue weighted by atomic mass is 9.58. The van der Waals surface area contributed by atoms with Crippen LogP contribution in [0.5, 0.6) is 5.75 Å². The number of hydrogen-bond donors (Lipinski definition) is 3. The summed E-state index contributed by atoms with van der Waals surface area (Å²) in [6.45, 7) is 4.30. The van der Waals surface area contributed by atoms with Gasteiger partial charge in [-0.1, -0.05) is 74.2 Å². The predicted molar refractivity (Wildman–Crippen MR) is 184 cm³/mol. The van der Waals surface area contributed by atoms with Crippen molar-refractivity contribution in [3.63, 3.8) is 0 Å². The Morgan fingerprint density at radius 2 is 1.63 bits per heavy atom. The Morgan fingerprint density at radius 1 is 0.913 bits per heavy atom. The molecule has 2 aliphatic heterocycles. The molecule has 0 unspecified atom stereocenters. The van der Waals surface area contributed by atoms with Crippen molar-refractivity contribution in [2.75, 3.05) is 10.2 Å². The number of nitrogens with one attached hydrogen (secondary N) is 1. The van der Waals surface area contributed by atoms with Gasteiger partial charge in [0.2, 0.25) is 11.8 Å². The van der Waals surface area contributed by atoms with Gasteiger partial charge >= 0.3 is 7.12 Å². The van der Waals surface area contributed by atoms with Gasteiger partial charge in [-0.05, 0) is 104 Å². The van der Waals surface area contributed by atoms with Gasteiger partial charge in [0.1, 0.15) is 5.75 Å². The molecule has 2 fully saturated rings. The normalized spacial score (nSPS) is 23.1. The van der Waals surface area contributed by atoms with E-state index >= 15 is 0 Å². The van der Waals surface area contributed by atoms with Gasteiger partial charge < -0.3 is 20.1 Å². The van der Waals surface area contributed by atoms with Crippen molar-refractivity contribution in [3.05, 3.63) is 101 Å². The van der Waals surface area contributed by atoms with E-state index in [0.29, 0.717) is 24.8 Å². The average Bonchev–Trinajstić information content (AvgIpc) is 3.30. The molecule has 7 nitrogen and oxygen atoms in total. The summed E-state index contributed by atoms with van der Waals surface area (Å²) in [5, 5.41) is 24.0. The van der Waals surface area contributed by atoms with Crippen molar-refractivity contribution in [3.8, 4) is 5.75 Å². The number of benzene rings is 3. The SMILES string of the molecule is CCCC1=C2[C@@H](CC/C(=C/c3ccc(O)cc3)CCC)OB(O)C[C@@H]2[C@@H]2C(=O)N(c3ccc(Nc4ccccc4)cc3)C(=O)[C@@H]2C1. The molecule has 6 rings (SSSR count). The largest absolute Gasteiger partial charge is 0.508 e. The Kier molecular flexibility index (Phi) is 9.76. The first-order valence-corrected chi connectivity index (χ1v) is 16.7. The lowest BCUT2D eigenvalue weighted by Gasteiger charge is -2.43. The van der Waals surface area contributed by atoms with Crippen molar-refractivity contribution in [1.29, 1.82) is 0 Å². The molecular formula is C38H43BN2O5. The third kappa shape index (κ3) is 6.69. The fraction of sp³-hybridized carbons (Fsp3) is 0.368. The Bertz CT molecular complexity index is 1600. The smallest absolute Gasteiger partial charge is 0.455 e. The number of nitrogens with zero attached hydrogens (tertiary/aromatic N) is 1. The van der Waals surface area contributed by atoms with Gasteiger partial charge in [0.05, 0.1) is 23.6 Å². The van der Waals surface area contributed by atoms with E-state index in [9.17, 15) is 19.7 Å². The maximum Gasteiger partial charge on any atom is 0.455 e. The van der Waals surface area contributed by atoms with Crippen LogP contribution in [0.3, 0.4) is 0 Å². The minimum Gasteiger partial charge on any atom is -0.508 e. The molecule has 2 saturated heterocycles. The van der Waals surface area contributed by atoms with Crippen LogP contribution in [0.15, 0.2) is 95.6 Å². The highest BCUT2D eigenvalue weighted by Gasteiger charge is 2.57. The highest BCUT2D eigenvalue weighted by molar-refractivity contribution is 6.43. The van der Waals surface area contributed by atoms with Crippen LogP contribution < -0.4 is 10.2 Å². The Morgan fingerprint density at radius 3 is 2.33 bits per heavy atom. The number of amides is 2. The third-order valence-electron chi connectivity index (χ3n) is 9.61. The molecule has 0 saturated carbocycles. The van der Waals surface area contributed by atoms with E-state index in [-0.39, 0.29) is 29.6 Å². The highest BCUT2D eigenvalue weighted by Crippen LogP contribution is 2.52. The number of phenolic OH excluding ortho intramolecular Hbond substituents is 1. The molecule has 0 radical (unpaired) electrons. The molecule has 0 aromatic heterocycles. The summed E-state index contributed by atoms with van der Waals surface area (Å²) >= 11 is 0. The van der Waals surface area contributed by atoms with Gasteiger partial charge in [0.25, 0.3) is 0 Å². The Hall–Kier alpha value is -4.14. The van der Waals surface area contributed by atoms with E-state index in [1.165, 1.54) is 16.0 Å².